The summed E-state index contributed by atoms with van der Waals surface area (Å²) >= 11 is 5.53. The van der Waals surface area contributed by atoms with E-state index in [1.165, 1.54) is 42.3 Å². The van der Waals surface area contributed by atoms with Gasteiger partial charge in [-0.15, -0.1) is 0 Å². The molecule has 0 aromatic heterocycles. The van der Waals surface area contributed by atoms with Gasteiger partial charge in [0.15, 0.2) is 0 Å². The fourth-order valence-corrected chi connectivity index (χ4v) is 2.66. The number of nitrogens with one attached hydrogen (secondary N) is 2. The molecule has 0 radical (unpaired) electrons. The molecule has 2 N–H and O–H groups in total. The summed E-state index contributed by atoms with van der Waals surface area (Å²) in [7, 11) is 1.47. The topological polar surface area (TPSA) is 105 Å². The summed E-state index contributed by atoms with van der Waals surface area (Å²) in [6.45, 7) is -0.462. The molecular weight excluding hydrogens is 429 g/mol. The van der Waals surface area contributed by atoms with Gasteiger partial charge in [-0.1, -0.05) is 11.6 Å². The van der Waals surface area contributed by atoms with Crippen molar-refractivity contribution in [2.45, 2.75) is 6.18 Å². The van der Waals surface area contributed by atoms with E-state index < -0.39 is 33.5 Å². The van der Waals surface area contributed by atoms with E-state index in [-0.39, 0.29) is 24.5 Å². The number of halogens is 4. The average Bonchev–Trinajstić information content (AvgIpc) is 2.62. The molecule has 12 heteroatoms. The number of alkyl halides is 3. The average molecular weight is 445 g/mol. The van der Waals surface area contributed by atoms with Crippen LogP contribution in [0.2, 0.25) is 5.02 Å². The summed E-state index contributed by atoms with van der Waals surface area (Å²) in [6.07, 6.45) is -4.66. The second kappa shape index (κ2) is 9.55. The number of hydrogen-bond acceptors (Lipinski definition) is 5. The largest absolute Gasteiger partial charge is 0.417 e. The third kappa shape index (κ3) is 6.71. The molecule has 0 aliphatic carbocycles. The van der Waals surface area contributed by atoms with Gasteiger partial charge in [-0.05, 0) is 37.4 Å². The molecule has 0 aliphatic heterocycles. The van der Waals surface area contributed by atoms with Gasteiger partial charge in [-0.3, -0.25) is 24.6 Å². The number of nitro groups is 1. The quantitative estimate of drug-likeness (QED) is 0.499. The van der Waals surface area contributed by atoms with Crippen molar-refractivity contribution in [1.29, 1.82) is 0 Å². The minimum Gasteiger partial charge on any atom is -0.325 e. The Labute approximate surface area is 173 Å². The Morgan fingerprint density at radius 2 is 1.53 bits per heavy atom. The molecule has 30 heavy (non-hydrogen) atoms. The first kappa shape index (κ1) is 23.1. The number of carbonyl (C=O) groups excluding carboxylic acids is 2. The molecule has 2 amide bonds. The Hall–Kier alpha value is -3.18. The lowest BCUT2D eigenvalue weighted by molar-refractivity contribution is -0.384. The zero-order chi connectivity index (χ0) is 22.5. The maximum Gasteiger partial charge on any atom is 0.417 e. The molecule has 0 heterocycles. The third-order valence-corrected chi connectivity index (χ3v) is 4.07. The smallest absolute Gasteiger partial charge is 0.325 e. The van der Waals surface area contributed by atoms with Crippen molar-refractivity contribution in [3.05, 3.63) is 63.2 Å². The lowest BCUT2D eigenvalue weighted by atomic mass is 10.2. The lowest BCUT2D eigenvalue weighted by Crippen LogP contribution is -2.36. The number of nitro benzene ring substituents is 1. The standard InChI is InChI=1S/C18H16ClF3N4O4/c1-25(9-16(27)23-11-2-5-13(6-3-11)26(29)30)10-17(28)24-12-4-7-15(19)14(8-12)18(20,21)22/h2-8H,9-10H2,1H3,(H,23,27)(H,24,28). The molecule has 0 bridgehead atoms. The number of benzene rings is 2. The predicted octanol–water partition coefficient (Wildman–Crippen LogP) is 3.78. The van der Waals surface area contributed by atoms with Gasteiger partial charge in [-0.2, -0.15) is 13.2 Å². The minimum atomic E-state index is -4.66. The maximum absolute atomic E-state index is 12.9. The van der Waals surface area contributed by atoms with E-state index in [9.17, 15) is 32.9 Å². The Morgan fingerprint density at radius 1 is 1.03 bits per heavy atom. The molecule has 8 nitrogen and oxygen atoms in total. The first-order valence-electron chi connectivity index (χ1n) is 8.35. The molecule has 0 unspecified atom stereocenters. The van der Waals surface area contributed by atoms with E-state index in [2.05, 4.69) is 10.6 Å². The first-order chi connectivity index (χ1) is 14.0. The monoisotopic (exact) mass is 444 g/mol. The molecule has 0 fully saturated rings. The number of nitrogens with zero attached hydrogens (tertiary/aromatic N) is 2. The van der Waals surface area contributed by atoms with Crippen molar-refractivity contribution in [2.24, 2.45) is 0 Å². The fraction of sp³-hybridized carbons (Fsp3) is 0.222. The highest BCUT2D eigenvalue weighted by molar-refractivity contribution is 6.31. The zero-order valence-corrected chi connectivity index (χ0v) is 16.3. The number of amides is 2. The van der Waals surface area contributed by atoms with Crippen molar-refractivity contribution in [1.82, 2.24) is 4.90 Å². The predicted molar refractivity (Wildman–Crippen MR) is 104 cm³/mol. The molecule has 2 rings (SSSR count). The van der Waals surface area contributed by atoms with E-state index in [0.29, 0.717) is 5.69 Å². The number of likely N-dealkylation sites (N-methyl/N-ethyl adjacent to an activating group) is 1. The molecule has 0 spiro atoms. The molecule has 0 saturated heterocycles. The molecule has 2 aromatic rings. The molecule has 160 valence electrons. The highest BCUT2D eigenvalue weighted by Crippen LogP contribution is 2.36. The summed E-state index contributed by atoms with van der Waals surface area (Å²) in [4.78, 5) is 35.4. The fourth-order valence-electron chi connectivity index (χ4n) is 2.43. The molecule has 2 aromatic carbocycles. The van der Waals surface area contributed by atoms with Crippen molar-refractivity contribution in [3.8, 4) is 0 Å². The van der Waals surface area contributed by atoms with E-state index in [1.807, 2.05) is 0 Å². The normalized spacial score (nSPS) is 11.3. The first-order valence-corrected chi connectivity index (χ1v) is 8.73. The van der Waals surface area contributed by atoms with Crippen LogP contribution in [0.1, 0.15) is 5.56 Å². The SMILES string of the molecule is CN(CC(=O)Nc1ccc([N+](=O)[O-])cc1)CC(=O)Nc1ccc(Cl)c(C(F)(F)F)c1. The van der Waals surface area contributed by atoms with Crippen LogP contribution in [0.25, 0.3) is 0 Å². The summed E-state index contributed by atoms with van der Waals surface area (Å²) in [5, 5.41) is 15.0. The molecule has 0 aliphatic rings. The number of carbonyl (C=O) groups is 2. The van der Waals surface area contributed by atoms with Crippen molar-refractivity contribution in [2.75, 3.05) is 30.8 Å². The van der Waals surface area contributed by atoms with E-state index >= 15 is 0 Å². The molecule has 0 saturated carbocycles. The summed E-state index contributed by atoms with van der Waals surface area (Å²) in [5.41, 5.74) is -0.944. The van der Waals surface area contributed by atoms with Crippen molar-refractivity contribution >= 4 is 40.5 Å². The summed E-state index contributed by atoms with van der Waals surface area (Å²) < 4.78 is 38.6. The Kier molecular flexibility index (Phi) is 7.35. The Balaban J connectivity index is 1.88. The van der Waals surface area contributed by atoms with Crippen LogP contribution in [0.4, 0.5) is 30.2 Å². The molecule has 0 atom stereocenters. The van der Waals surface area contributed by atoms with Crippen LogP contribution in [-0.2, 0) is 15.8 Å². The summed E-state index contributed by atoms with van der Waals surface area (Å²) in [5.74, 6) is -1.11. The van der Waals surface area contributed by atoms with Crippen LogP contribution >= 0.6 is 11.6 Å². The number of anilines is 2. The van der Waals surface area contributed by atoms with Crippen LogP contribution in [0.3, 0.4) is 0 Å². The van der Waals surface area contributed by atoms with Crippen LogP contribution < -0.4 is 10.6 Å². The van der Waals surface area contributed by atoms with Crippen LogP contribution in [0, 0.1) is 10.1 Å². The Bertz CT molecular complexity index is 951. The van der Waals surface area contributed by atoms with Gasteiger partial charge in [0, 0.05) is 23.5 Å². The summed E-state index contributed by atoms with van der Waals surface area (Å²) in [6, 6.07) is 8.17. The Morgan fingerprint density at radius 3 is 2.03 bits per heavy atom. The van der Waals surface area contributed by atoms with Gasteiger partial charge in [0.25, 0.3) is 5.69 Å². The van der Waals surface area contributed by atoms with Gasteiger partial charge in [-0.25, -0.2) is 0 Å². The van der Waals surface area contributed by atoms with Gasteiger partial charge in [0.1, 0.15) is 0 Å². The minimum absolute atomic E-state index is 0.0829. The van der Waals surface area contributed by atoms with E-state index in [1.54, 1.807) is 0 Å². The zero-order valence-electron chi connectivity index (χ0n) is 15.5. The van der Waals surface area contributed by atoms with Crippen LogP contribution in [-0.4, -0.2) is 41.8 Å². The van der Waals surface area contributed by atoms with Gasteiger partial charge in [0.2, 0.25) is 11.8 Å². The molecular formula is C18H16ClF3N4O4. The highest BCUT2D eigenvalue weighted by Gasteiger charge is 2.33. The second-order valence-corrected chi connectivity index (χ2v) is 6.67. The third-order valence-electron chi connectivity index (χ3n) is 3.74. The number of non-ortho nitro benzene ring substituents is 1. The maximum atomic E-state index is 12.9. The van der Waals surface area contributed by atoms with E-state index in [4.69, 9.17) is 11.6 Å². The van der Waals surface area contributed by atoms with Gasteiger partial charge >= 0.3 is 6.18 Å². The number of hydrogen-bond donors (Lipinski definition) is 2. The van der Waals surface area contributed by atoms with Gasteiger partial charge in [0.05, 0.1) is 28.6 Å². The van der Waals surface area contributed by atoms with Crippen molar-refractivity contribution < 1.29 is 27.7 Å². The van der Waals surface area contributed by atoms with Crippen LogP contribution in [0.15, 0.2) is 42.5 Å². The van der Waals surface area contributed by atoms with Crippen LogP contribution in [0.5, 0.6) is 0 Å². The second-order valence-electron chi connectivity index (χ2n) is 6.27. The number of rotatable bonds is 7. The highest BCUT2D eigenvalue weighted by atomic mass is 35.5. The van der Waals surface area contributed by atoms with E-state index in [0.717, 1.165) is 12.1 Å². The lowest BCUT2D eigenvalue weighted by Gasteiger charge is -2.17. The van der Waals surface area contributed by atoms with Gasteiger partial charge < -0.3 is 10.6 Å². The van der Waals surface area contributed by atoms with Crippen molar-refractivity contribution in [3.63, 3.8) is 0 Å².